The molecule has 0 aliphatic rings. The van der Waals surface area contributed by atoms with E-state index in [2.05, 4.69) is 5.32 Å². The number of hydrogen-bond donors (Lipinski definition) is 1. The van der Waals surface area contributed by atoms with Gasteiger partial charge in [-0.05, 0) is 29.3 Å². The first-order valence-electron chi connectivity index (χ1n) is 8.06. The Kier molecular flexibility index (Phi) is 7.88. The Hall–Kier alpha value is -3.01. The molecule has 6 nitrogen and oxygen atoms in total. The number of esters is 1. The molecule has 0 unspecified atom stereocenters. The minimum absolute atomic E-state index is 0.0793. The number of hydrogen-bond acceptors (Lipinski definition) is 5. The van der Waals surface area contributed by atoms with Crippen LogP contribution in [0.5, 0.6) is 11.5 Å². The van der Waals surface area contributed by atoms with Crippen LogP contribution < -0.4 is 14.8 Å². The predicted octanol–water partition coefficient (Wildman–Crippen LogP) is 3.63. The van der Waals surface area contributed by atoms with Crippen molar-refractivity contribution in [3.8, 4) is 17.6 Å². The van der Waals surface area contributed by atoms with Crippen molar-refractivity contribution in [2.45, 2.75) is 11.4 Å². The summed E-state index contributed by atoms with van der Waals surface area (Å²) < 4.78 is 10.2. The minimum Gasteiger partial charge on any atom is -0.493 e. The molecule has 0 atom stereocenters. The minimum atomic E-state index is -1.33. The van der Waals surface area contributed by atoms with Crippen LogP contribution in [-0.4, -0.2) is 23.8 Å². The second-order valence-electron chi connectivity index (χ2n) is 5.47. The molecule has 0 fully saturated rings. The molecule has 0 spiro atoms. The number of carbonyl (C=O) groups is 2. The van der Waals surface area contributed by atoms with E-state index in [9.17, 15) is 14.9 Å². The zero-order valence-electron chi connectivity index (χ0n) is 14.8. The van der Waals surface area contributed by atoms with Crippen LogP contribution in [0.2, 0.25) is 0 Å². The number of nitrogens with one attached hydrogen (secondary N) is 1. The van der Waals surface area contributed by atoms with Crippen LogP contribution in [0.1, 0.15) is 11.1 Å². The summed E-state index contributed by atoms with van der Waals surface area (Å²) in [7, 11) is 1.39. The third-order valence-corrected chi connectivity index (χ3v) is 3.90. The standard InChI is InChI=1S/C20H16Cl2N2O4/c1-27-17-10-14(7-8-16(17)28-20(26)18(21)22)9-15(11-23)19(25)24-12-13-5-3-2-4-6-13/h2-10,18H,12H2,1H3,(H,24,25)/b15-9+. The molecule has 2 rings (SSSR count). The Bertz CT molecular complexity index is 922. The SMILES string of the molecule is COc1cc(/C=C(\C#N)C(=O)NCc2ccccc2)ccc1OC(=O)C(Cl)Cl. The Balaban J connectivity index is 2.15. The van der Waals surface area contributed by atoms with Crippen molar-refractivity contribution < 1.29 is 19.1 Å². The lowest BCUT2D eigenvalue weighted by Crippen LogP contribution is -2.23. The number of nitrogens with zero attached hydrogens (tertiary/aromatic N) is 1. The van der Waals surface area contributed by atoms with E-state index >= 15 is 0 Å². The van der Waals surface area contributed by atoms with Crippen molar-refractivity contribution in [3.63, 3.8) is 0 Å². The third-order valence-electron chi connectivity index (χ3n) is 3.55. The highest BCUT2D eigenvalue weighted by Gasteiger charge is 2.17. The maximum absolute atomic E-state index is 12.3. The van der Waals surface area contributed by atoms with Gasteiger partial charge < -0.3 is 14.8 Å². The highest BCUT2D eigenvalue weighted by Crippen LogP contribution is 2.29. The van der Waals surface area contributed by atoms with Crippen LogP contribution in [0.25, 0.3) is 6.08 Å². The lowest BCUT2D eigenvalue weighted by molar-refractivity contribution is -0.132. The fourth-order valence-electron chi connectivity index (χ4n) is 2.20. The van der Waals surface area contributed by atoms with Crippen molar-refractivity contribution in [2.24, 2.45) is 0 Å². The number of rotatable bonds is 7. The van der Waals surface area contributed by atoms with Crippen molar-refractivity contribution >= 4 is 41.2 Å². The largest absolute Gasteiger partial charge is 0.493 e. The van der Waals surface area contributed by atoms with Crippen LogP contribution in [-0.2, 0) is 16.1 Å². The highest BCUT2D eigenvalue weighted by atomic mass is 35.5. The van der Waals surface area contributed by atoms with Crippen molar-refractivity contribution in [1.29, 1.82) is 5.26 Å². The van der Waals surface area contributed by atoms with Crippen LogP contribution >= 0.6 is 23.2 Å². The number of alkyl halides is 2. The van der Waals surface area contributed by atoms with Gasteiger partial charge in [0.25, 0.3) is 5.91 Å². The molecule has 2 aromatic carbocycles. The van der Waals surface area contributed by atoms with Gasteiger partial charge in [-0.25, -0.2) is 4.79 Å². The number of amides is 1. The van der Waals surface area contributed by atoms with Crippen LogP contribution in [0.3, 0.4) is 0 Å². The van der Waals surface area contributed by atoms with Gasteiger partial charge in [-0.1, -0.05) is 59.6 Å². The lowest BCUT2D eigenvalue weighted by Gasteiger charge is -2.10. The lowest BCUT2D eigenvalue weighted by atomic mass is 10.1. The van der Waals surface area contributed by atoms with Crippen molar-refractivity contribution in [2.75, 3.05) is 7.11 Å². The zero-order valence-corrected chi connectivity index (χ0v) is 16.3. The van der Waals surface area contributed by atoms with Crippen LogP contribution in [0.4, 0.5) is 0 Å². The van der Waals surface area contributed by atoms with E-state index in [0.29, 0.717) is 12.1 Å². The van der Waals surface area contributed by atoms with Gasteiger partial charge in [-0.15, -0.1) is 0 Å². The molecule has 0 radical (unpaired) electrons. The number of halogens is 2. The van der Waals surface area contributed by atoms with Crippen molar-refractivity contribution in [3.05, 3.63) is 65.2 Å². The average molecular weight is 419 g/mol. The van der Waals surface area contributed by atoms with E-state index in [-0.39, 0.29) is 17.1 Å². The van der Waals surface area contributed by atoms with Crippen LogP contribution in [0.15, 0.2) is 54.1 Å². The molecule has 144 valence electrons. The van der Waals surface area contributed by atoms with Crippen LogP contribution in [0, 0.1) is 11.3 Å². The summed E-state index contributed by atoms with van der Waals surface area (Å²) in [5, 5.41) is 12.0. The summed E-state index contributed by atoms with van der Waals surface area (Å²) in [5.74, 6) is -1.02. The topological polar surface area (TPSA) is 88.4 Å². The molecule has 1 amide bonds. The number of nitriles is 1. The van der Waals surface area contributed by atoms with E-state index in [0.717, 1.165) is 5.56 Å². The molecular formula is C20H16Cl2N2O4. The van der Waals surface area contributed by atoms with Gasteiger partial charge in [0.1, 0.15) is 11.6 Å². The zero-order chi connectivity index (χ0) is 20.5. The first-order chi connectivity index (χ1) is 13.4. The van der Waals surface area contributed by atoms with Gasteiger partial charge in [0.15, 0.2) is 11.5 Å². The van der Waals surface area contributed by atoms with Gasteiger partial charge in [-0.2, -0.15) is 5.26 Å². The Labute approximate surface area is 172 Å². The smallest absolute Gasteiger partial charge is 0.344 e. The quantitative estimate of drug-likeness (QED) is 0.244. The molecular weight excluding hydrogens is 403 g/mol. The number of benzene rings is 2. The molecule has 0 aromatic heterocycles. The van der Waals surface area contributed by atoms with E-state index in [1.54, 1.807) is 6.07 Å². The molecule has 1 N–H and O–H groups in total. The fourth-order valence-corrected chi connectivity index (χ4v) is 2.29. The van der Waals surface area contributed by atoms with E-state index in [1.807, 2.05) is 36.4 Å². The molecule has 0 aliphatic carbocycles. The number of ether oxygens (including phenoxy) is 2. The summed E-state index contributed by atoms with van der Waals surface area (Å²) >= 11 is 10.9. The molecule has 0 aliphatic heterocycles. The molecule has 2 aromatic rings. The normalized spacial score (nSPS) is 10.9. The third kappa shape index (κ3) is 6.02. The van der Waals surface area contributed by atoms with E-state index in [4.69, 9.17) is 32.7 Å². The molecule has 8 heteroatoms. The maximum atomic E-state index is 12.3. The maximum Gasteiger partial charge on any atom is 0.344 e. The first-order valence-corrected chi connectivity index (χ1v) is 8.93. The monoisotopic (exact) mass is 418 g/mol. The Morgan fingerprint density at radius 2 is 1.89 bits per heavy atom. The average Bonchev–Trinajstić information content (AvgIpc) is 2.71. The number of methoxy groups -OCH3 is 1. The predicted molar refractivity (Wildman–Crippen MR) is 106 cm³/mol. The summed E-state index contributed by atoms with van der Waals surface area (Å²) in [5.41, 5.74) is 1.35. The fraction of sp³-hybridized carbons (Fsp3) is 0.150. The number of carbonyl (C=O) groups excluding carboxylic acids is 2. The molecule has 28 heavy (non-hydrogen) atoms. The van der Waals surface area contributed by atoms with E-state index in [1.165, 1.54) is 25.3 Å². The molecule has 0 saturated carbocycles. The van der Waals surface area contributed by atoms with Gasteiger partial charge in [-0.3, -0.25) is 4.79 Å². The second kappa shape index (κ2) is 10.4. The summed E-state index contributed by atoms with van der Waals surface area (Å²) in [6.07, 6.45) is 1.40. The molecule has 0 heterocycles. The van der Waals surface area contributed by atoms with Gasteiger partial charge in [0.05, 0.1) is 7.11 Å². The van der Waals surface area contributed by atoms with Gasteiger partial charge >= 0.3 is 5.97 Å². The molecule has 0 saturated heterocycles. The Morgan fingerprint density at radius 3 is 2.50 bits per heavy atom. The van der Waals surface area contributed by atoms with Gasteiger partial charge in [0.2, 0.25) is 4.84 Å². The summed E-state index contributed by atoms with van der Waals surface area (Å²) in [6, 6.07) is 15.7. The highest BCUT2D eigenvalue weighted by molar-refractivity contribution is 6.53. The summed E-state index contributed by atoms with van der Waals surface area (Å²) in [4.78, 5) is 22.4. The van der Waals surface area contributed by atoms with E-state index < -0.39 is 16.7 Å². The van der Waals surface area contributed by atoms with Crippen molar-refractivity contribution in [1.82, 2.24) is 5.32 Å². The summed E-state index contributed by atoms with van der Waals surface area (Å²) in [6.45, 7) is 0.301. The Morgan fingerprint density at radius 1 is 1.18 bits per heavy atom. The first kappa shape index (κ1) is 21.3. The second-order valence-corrected chi connectivity index (χ2v) is 6.57. The van der Waals surface area contributed by atoms with Gasteiger partial charge in [0, 0.05) is 6.54 Å². The molecule has 0 bridgehead atoms.